The van der Waals surface area contributed by atoms with Crippen molar-refractivity contribution in [3.63, 3.8) is 0 Å². The molecule has 1 aromatic heterocycles. The zero-order valence-corrected chi connectivity index (χ0v) is 15.4. The van der Waals surface area contributed by atoms with E-state index in [1.54, 1.807) is 31.2 Å². The predicted molar refractivity (Wildman–Crippen MR) is 100 cm³/mol. The molecule has 0 amide bonds. The van der Waals surface area contributed by atoms with Crippen molar-refractivity contribution in [1.29, 1.82) is 0 Å². The van der Waals surface area contributed by atoms with Gasteiger partial charge in [0.15, 0.2) is 5.76 Å². The second-order valence-corrected chi connectivity index (χ2v) is 7.44. The van der Waals surface area contributed by atoms with E-state index in [1.807, 2.05) is 24.3 Å². The number of thioether (sulfide) groups is 1. The Balaban J connectivity index is 2.11. The zero-order chi connectivity index (χ0) is 18.0. The molecule has 0 aliphatic heterocycles. The van der Waals surface area contributed by atoms with Crippen LogP contribution in [-0.2, 0) is 4.79 Å². The summed E-state index contributed by atoms with van der Waals surface area (Å²) in [6.45, 7) is 1.58. The molecule has 0 aliphatic rings. The van der Waals surface area contributed by atoms with Crippen LogP contribution in [-0.4, -0.2) is 21.3 Å². The summed E-state index contributed by atoms with van der Waals surface area (Å²) in [5.74, 6) is -0.415. The molecule has 25 heavy (non-hydrogen) atoms. The number of halogens is 2. The Hall–Kier alpha value is -1.95. The highest BCUT2D eigenvalue weighted by Gasteiger charge is 2.21. The molecule has 0 saturated heterocycles. The fourth-order valence-electron chi connectivity index (χ4n) is 2.21. The number of rotatable bonds is 5. The SMILES string of the molecule is CC(Sc1nc(-c2cccc(Cl)c2)c(-c2cccc(Cl)c2)o1)C(=O)O. The average molecular weight is 394 g/mol. The van der Waals surface area contributed by atoms with Gasteiger partial charge in [0.2, 0.25) is 0 Å². The number of carboxylic acid groups (broad SMARTS) is 1. The maximum Gasteiger partial charge on any atom is 0.316 e. The summed E-state index contributed by atoms with van der Waals surface area (Å²) in [4.78, 5) is 15.6. The van der Waals surface area contributed by atoms with Gasteiger partial charge in [0.1, 0.15) is 10.9 Å². The van der Waals surface area contributed by atoms with Gasteiger partial charge in [0.05, 0.1) is 0 Å². The quantitative estimate of drug-likeness (QED) is 0.548. The topological polar surface area (TPSA) is 63.3 Å². The number of aromatic nitrogens is 1. The van der Waals surface area contributed by atoms with E-state index in [1.165, 1.54) is 0 Å². The number of oxazole rings is 1. The summed E-state index contributed by atoms with van der Waals surface area (Å²) in [7, 11) is 0. The molecule has 3 rings (SSSR count). The number of benzene rings is 2. The van der Waals surface area contributed by atoms with E-state index in [9.17, 15) is 4.79 Å². The molecule has 0 fully saturated rings. The number of aliphatic carboxylic acids is 1. The van der Waals surface area contributed by atoms with Crippen molar-refractivity contribution >= 4 is 40.9 Å². The minimum absolute atomic E-state index is 0.278. The van der Waals surface area contributed by atoms with Crippen LogP contribution in [0.5, 0.6) is 0 Å². The highest BCUT2D eigenvalue weighted by atomic mass is 35.5. The summed E-state index contributed by atoms with van der Waals surface area (Å²) >= 11 is 13.2. The van der Waals surface area contributed by atoms with Crippen molar-refractivity contribution in [1.82, 2.24) is 4.98 Å². The number of carbonyl (C=O) groups is 1. The van der Waals surface area contributed by atoms with Crippen molar-refractivity contribution < 1.29 is 14.3 Å². The molecule has 3 aromatic rings. The Morgan fingerprint density at radius 2 is 1.72 bits per heavy atom. The minimum Gasteiger partial charge on any atom is -0.480 e. The van der Waals surface area contributed by atoms with Crippen molar-refractivity contribution in [2.45, 2.75) is 17.4 Å². The Morgan fingerprint density at radius 3 is 2.32 bits per heavy atom. The standard InChI is InChI=1S/C18H13Cl2NO3S/c1-10(17(22)23)25-18-21-15(11-4-2-6-13(19)8-11)16(24-18)12-5-3-7-14(20)9-12/h2-10H,1H3,(H,22,23). The van der Waals surface area contributed by atoms with Crippen LogP contribution < -0.4 is 0 Å². The van der Waals surface area contributed by atoms with E-state index in [2.05, 4.69) is 4.98 Å². The lowest BCUT2D eigenvalue weighted by Crippen LogP contribution is -2.10. The first-order valence-electron chi connectivity index (χ1n) is 7.36. The van der Waals surface area contributed by atoms with Crippen molar-refractivity contribution in [3.05, 3.63) is 58.6 Å². The van der Waals surface area contributed by atoms with Crippen LogP contribution in [0.3, 0.4) is 0 Å². The summed E-state index contributed by atoms with van der Waals surface area (Å²) < 4.78 is 5.86. The van der Waals surface area contributed by atoms with Gasteiger partial charge in [0.25, 0.3) is 5.22 Å². The van der Waals surface area contributed by atoms with E-state index >= 15 is 0 Å². The average Bonchev–Trinajstić information content (AvgIpc) is 2.98. The summed E-state index contributed by atoms with van der Waals surface area (Å²) in [5.41, 5.74) is 2.12. The molecule has 0 bridgehead atoms. The highest BCUT2D eigenvalue weighted by Crippen LogP contribution is 2.38. The van der Waals surface area contributed by atoms with Gasteiger partial charge in [-0.1, -0.05) is 59.2 Å². The molecule has 1 heterocycles. The molecule has 1 unspecified atom stereocenters. The van der Waals surface area contributed by atoms with E-state index in [0.29, 0.717) is 21.5 Å². The molecule has 7 heteroatoms. The molecular formula is C18H13Cl2NO3S. The van der Waals surface area contributed by atoms with Gasteiger partial charge in [0, 0.05) is 21.2 Å². The Kier molecular flexibility index (Phi) is 5.37. The third-order valence-electron chi connectivity index (χ3n) is 3.42. The predicted octanol–water partition coefficient (Wildman–Crippen LogP) is 5.88. The lowest BCUT2D eigenvalue weighted by molar-refractivity contribution is -0.136. The van der Waals surface area contributed by atoms with Crippen molar-refractivity contribution in [3.8, 4) is 22.6 Å². The first kappa shape index (κ1) is 17.9. The molecule has 1 N–H and O–H groups in total. The lowest BCUT2D eigenvalue weighted by Gasteiger charge is -2.02. The molecule has 0 aliphatic carbocycles. The van der Waals surface area contributed by atoms with Crippen LogP contribution in [0.25, 0.3) is 22.6 Å². The molecule has 4 nitrogen and oxygen atoms in total. The third-order valence-corrected chi connectivity index (χ3v) is 4.82. The minimum atomic E-state index is -0.934. The van der Waals surface area contributed by atoms with E-state index in [0.717, 1.165) is 22.9 Å². The summed E-state index contributed by atoms with van der Waals surface area (Å²) in [5, 5.41) is 9.84. The molecule has 0 spiro atoms. The lowest BCUT2D eigenvalue weighted by atomic mass is 10.1. The van der Waals surface area contributed by atoms with E-state index in [4.69, 9.17) is 32.7 Å². The van der Waals surface area contributed by atoms with Crippen LogP contribution in [0.4, 0.5) is 0 Å². The number of hydrogen-bond donors (Lipinski definition) is 1. The van der Waals surface area contributed by atoms with Crippen LogP contribution in [0.15, 0.2) is 58.2 Å². The second-order valence-electron chi connectivity index (χ2n) is 5.28. The Morgan fingerprint density at radius 1 is 1.12 bits per heavy atom. The molecular weight excluding hydrogens is 381 g/mol. The monoisotopic (exact) mass is 393 g/mol. The number of nitrogens with zero attached hydrogens (tertiary/aromatic N) is 1. The van der Waals surface area contributed by atoms with Gasteiger partial charge in [-0.3, -0.25) is 4.79 Å². The van der Waals surface area contributed by atoms with Gasteiger partial charge >= 0.3 is 5.97 Å². The fourth-order valence-corrected chi connectivity index (χ4v) is 3.27. The van der Waals surface area contributed by atoms with Crippen molar-refractivity contribution in [2.75, 3.05) is 0 Å². The van der Waals surface area contributed by atoms with Crippen LogP contribution in [0, 0.1) is 0 Å². The molecule has 128 valence electrons. The molecule has 2 aromatic carbocycles. The van der Waals surface area contributed by atoms with Crippen molar-refractivity contribution in [2.24, 2.45) is 0 Å². The number of hydrogen-bond acceptors (Lipinski definition) is 4. The largest absolute Gasteiger partial charge is 0.480 e. The van der Waals surface area contributed by atoms with E-state index < -0.39 is 11.2 Å². The first-order chi connectivity index (χ1) is 11.9. The number of carboxylic acids is 1. The molecule has 1 atom stereocenters. The summed E-state index contributed by atoms with van der Waals surface area (Å²) in [6, 6.07) is 14.4. The van der Waals surface area contributed by atoms with Gasteiger partial charge in [-0.2, -0.15) is 0 Å². The van der Waals surface area contributed by atoms with E-state index in [-0.39, 0.29) is 5.22 Å². The Labute approximate surface area is 158 Å². The smallest absolute Gasteiger partial charge is 0.316 e. The Bertz CT molecular complexity index is 863. The molecule has 0 radical (unpaired) electrons. The first-order valence-corrected chi connectivity index (χ1v) is 9.00. The van der Waals surface area contributed by atoms with Crippen LogP contribution >= 0.6 is 35.0 Å². The van der Waals surface area contributed by atoms with Gasteiger partial charge in [-0.25, -0.2) is 4.98 Å². The van der Waals surface area contributed by atoms with Gasteiger partial charge in [-0.15, -0.1) is 0 Å². The maximum atomic E-state index is 11.1. The third kappa shape index (κ3) is 4.18. The maximum absolute atomic E-state index is 11.1. The normalized spacial score (nSPS) is 12.1. The molecule has 0 saturated carbocycles. The van der Waals surface area contributed by atoms with Crippen LogP contribution in [0.2, 0.25) is 10.0 Å². The van der Waals surface area contributed by atoms with Gasteiger partial charge < -0.3 is 9.52 Å². The second kappa shape index (κ2) is 7.52. The van der Waals surface area contributed by atoms with Gasteiger partial charge in [-0.05, 0) is 31.2 Å². The highest BCUT2D eigenvalue weighted by molar-refractivity contribution is 8.00. The zero-order valence-electron chi connectivity index (χ0n) is 13.1. The summed E-state index contributed by atoms with van der Waals surface area (Å²) in [6.07, 6.45) is 0. The fraction of sp³-hybridized carbons (Fsp3) is 0.111. The van der Waals surface area contributed by atoms with Crippen LogP contribution in [0.1, 0.15) is 6.92 Å².